The average molecular weight is 249 g/mol. The van der Waals surface area contributed by atoms with E-state index < -0.39 is 5.91 Å². The number of hydrogen-bond acceptors (Lipinski definition) is 2. The average Bonchev–Trinajstić information content (AvgIpc) is 2.12. The molecule has 6 heteroatoms. The number of hydrogen-bond donors (Lipinski definition) is 1. The summed E-state index contributed by atoms with van der Waals surface area (Å²) in [6, 6.07) is 1.38. The van der Waals surface area contributed by atoms with Crippen molar-refractivity contribution in [2.24, 2.45) is 5.73 Å². The Morgan fingerprint density at radius 1 is 1.47 bits per heavy atom. The van der Waals surface area contributed by atoms with Crippen LogP contribution in [-0.2, 0) is 11.3 Å². The highest BCUT2D eigenvalue weighted by molar-refractivity contribution is 6.34. The van der Waals surface area contributed by atoms with Gasteiger partial charge in [-0.05, 0) is 12.5 Å². The molecule has 1 aromatic heterocycles. The zero-order chi connectivity index (χ0) is 11.4. The van der Waals surface area contributed by atoms with Gasteiger partial charge in [0, 0.05) is 19.2 Å². The van der Waals surface area contributed by atoms with Crippen molar-refractivity contribution in [2.75, 3.05) is 0 Å². The molecule has 1 heterocycles. The number of nitrogens with two attached hydrogens (primary N) is 1. The Morgan fingerprint density at radius 3 is 2.73 bits per heavy atom. The van der Waals surface area contributed by atoms with Crippen LogP contribution >= 0.6 is 23.2 Å². The maximum Gasteiger partial charge on any atom is 0.269 e. The normalized spacial score (nSPS) is 10.3. The molecule has 2 N–H and O–H groups in total. The molecular weight excluding hydrogens is 239 g/mol. The molecule has 0 aromatic carbocycles. The highest BCUT2D eigenvalue weighted by atomic mass is 35.5. The smallest absolute Gasteiger partial charge is 0.269 e. The first-order chi connectivity index (χ1) is 7.00. The Hall–Kier alpha value is -1.00. The molecule has 82 valence electrons. The Kier molecular flexibility index (Phi) is 4.17. The number of carbonyl (C=O) groups excluding carboxylic acids is 1. The third-order valence-corrected chi connectivity index (χ3v) is 2.31. The lowest BCUT2D eigenvalue weighted by Crippen LogP contribution is -2.21. The third kappa shape index (κ3) is 3.57. The number of rotatable bonds is 4. The van der Waals surface area contributed by atoms with Gasteiger partial charge in [0.15, 0.2) is 0 Å². The molecule has 1 aromatic rings. The maximum atomic E-state index is 11.5. The number of aryl methyl sites for hydroxylation is 1. The van der Waals surface area contributed by atoms with E-state index in [9.17, 15) is 9.59 Å². The van der Waals surface area contributed by atoms with E-state index in [1.165, 1.54) is 16.8 Å². The van der Waals surface area contributed by atoms with Gasteiger partial charge < -0.3 is 10.3 Å². The van der Waals surface area contributed by atoms with Crippen LogP contribution in [0.4, 0.5) is 0 Å². The van der Waals surface area contributed by atoms with Crippen molar-refractivity contribution >= 4 is 29.1 Å². The van der Waals surface area contributed by atoms with Gasteiger partial charge in [0.05, 0.1) is 5.02 Å². The molecule has 0 saturated carbocycles. The van der Waals surface area contributed by atoms with E-state index in [-0.39, 0.29) is 17.0 Å². The summed E-state index contributed by atoms with van der Waals surface area (Å²) >= 11 is 11.4. The number of carbonyl (C=O) groups is 1. The van der Waals surface area contributed by atoms with Crippen LogP contribution in [0, 0.1) is 0 Å². The van der Waals surface area contributed by atoms with Gasteiger partial charge in [-0.1, -0.05) is 23.2 Å². The Labute approximate surface area is 96.6 Å². The van der Waals surface area contributed by atoms with Gasteiger partial charge >= 0.3 is 0 Å². The van der Waals surface area contributed by atoms with E-state index >= 15 is 0 Å². The molecule has 0 unspecified atom stereocenters. The SMILES string of the molecule is NC(=O)CCCn1cc(Cl)cc(Cl)c1=O. The van der Waals surface area contributed by atoms with Crippen LogP contribution < -0.4 is 11.3 Å². The van der Waals surface area contributed by atoms with Gasteiger partial charge in [-0.2, -0.15) is 0 Å². The van der Waals surface area contributed by atoms with Crippen molar-refractivity contribution in [3.8, 4) is 0 Å². The van der Waals surface area contributed by atoms with E-state index in [4.69, 9.17) is 28.9 Å². The maximum absolute atomic E-state index is 11.5. The molecule has 0 aliphatic heterocycles. The predicted octanol–water partition coefficient (Wildman–Crippen LogP) is 1.42. The predicted molar refractivity (Wildman–Crippen MR) is 59.2 cm³/mol. The molecule has 1 amide bonds. The summed E-state index contributed by atoms with van der Waals surface area (Å²) in [6.45, 7) is 0.377. The number of amides is 1. The molecule has 0 spiro atoms. The van der Waals surface area contributed by atoms with E-state index in [1.54, 1.807) is 0 Å². The van der Waals surface area contributed by atoms with Crippen LogP contribution in [0.3, 0.4) is 0 Å². The lowest BCUT2D eigenvalue weighted by Gasteiger charge is -2.05. The van der Waals surface area contributed by atoms with E-state index in [0.717, 1.165) is 0 Å². The van der Waals surface area contributed by atoms with Crippen LogP contribution in [0.5, 0.6) is 0 Å². The Balaban J connectivity index is 2.77. The molecule has 4 nitrogen and oxygen atoms in total. The van der Waals surface area contributed by atoms with Crippen LogP contribution in [0.2, 0.25) is 10.0 Å². The highest BCUT2D eigenvalue weighted by Gasteiger charge is 2.04. The summed E-state index contributed by atoms with van der Waals surface area (Å²) in [7, 11) is 0. The molecule has 0 saturated heterocycles. The zero-order valence-corrected chi connectivity index (χ0v) is 9.38. The van der Waals surface area contributed by atoms with Crippen molar-refractivity contribution in [1.29, 1.82) is 0 Å². The minimum absolute atomic E-state index is 0.0709. The van der Waals surface area contributed by atoms with Gasteiger partial charge in [0.25, 0.3) is 5.56 Å². The lowest BCUT2D eigenvalue weighted by atomic mass is 10.3. The monoisotopic (exact) mass is 248 g/mol. The number of aromatic nitrogens is 1. The fraction of sp³-hybridized carbons (Fsp3) is 0.333. The van der Waals surface area contributed by atoms with E-state index in [0.29, 0.717) is 18.0 Å². The number of pyridine rings is 1. The molecular formula is C9H10Cl2N2O2. The van der Waals surface area contributed by atoms with Gasteiger partial charge in [-0.3, -0.25) is 9.59 Å². The first-order valence-electron chi connectivity index (χ1n) is 4.34. The summed E-state index contributed by atoms with van der Waals surface area (Å²) in [5.74, 6) is -0.392. The van der Waals surface area contributed by atoms with Gasteiger partial charge in [-0.25, -0.2) is 0 Å². The first kappa shape index (κ1) is 12.1. The summed E-state index contributed by atoms with van der Waals surface area (Å²) in [4.78, 5) is 21.9. The summed E-state index contributed by atoms with van der Waals surface area (Å²) in [5, 5.41) is 0.459. The molecule has 0 aliphatic carbocycles. The quantitative estimate of drug-likeness (QED) is 0.876. The van der Waals surface area contributed by atoms with Crippen LogP contribution in [0.1, 0.15) is 12.8 Å². The second-order valence-electron chi connectivity index (χ2n) is 3.07. The van der Waals surface area contributed by atoms with Crippen molar-refractivity contribution in [2.45, 2.75) is 19.4 Å². The molecule has 0 aliphatic rings. The topological polar surface area (TPSA) is 65.1 Å². The van der Waals surface area contributed by atoms with Crippen molar-refractivity contribution < 1.29 is 4.79 Å². The van der Waals surface area contributed by atoms with Gasteiger partial charge in [-0.15, -0.1) is 0 Å². The Morgan fingerprint density at radius 2 is 2.13 bits per heavy atom. The largest absolute Gasteiger partial charge is 0.370 e. The van der Waals surface area contributed by atoms with E-state index in [1.807, 2.05) is 0 Å². The highest BCUT2D eigenvalue weighted by Crippen LogP contribution is 2.11. The van der Waals surface area contributed by atoms with Crippen LogP contribution in [0.15, 0.2) is 17.1 Å². The molecule has 0 radical (unpaired) electrons. The van der Waals surface area contributed by atoms with Gasteiger partial charge in [0.1, 0.15) is 5.02 Å². The van der Waals surface area contributed by atoms with Crippen LogP contribution in [-0.4, -0.2) is 10.5 Å². The fourth-order valence-electron chi connectivity index (χ4n) is 1.15. The number of primary amides is 1. The molecule has 0 fully saturated rings. The number of nitrogens with zero attached hydrogens (tertiary/aromatic N) is 1. The number of halogens is 2. The van der Waals surface area contributed by atoms with Gasteiger partial charge in [0.2, 0.25) is 5.91 Å². The van der Waals surface area contributed by atoms with E-state index in [2.05, 4.69) is 0 Å². The van der Waals surface area contributed by atoms with Crippen molar-refractivity contribution in [3.05, 3.63) is 32.7 Å². The second-order valence-corrected chi connectivity index (χ2v) is 3.92. The van der Waals surface area contributed by atoms with Crippen molar-refractivity contribution in [3.63, 3.8) is 0 Å². The lowest BCUT2D eigenvalue weighted by molar-refractivity contribution is -0.118. The molecule has 0 atom stereocenters. The Bertz CT molecular complexity index is 429. The standard InChI is InChI=1S/C9H10Cl2N2O2/c10-6-4-7(11)9(15)13(5-6)3-1-2-8(12)14/h4-5H,1-3H2,(H2,12,14). The van der Waals surface area contributed by atoms with Crippen LogP contribution in [0.25, 0.3) is 0 Å². The summed E-state index contributed by atoms with van der Waals surface area (Å²) in [6.07, 6.45) is 2.21. The summed E-state index contributed by atoms with van der Waals surface area (Å²) in [5.41, 5.74) is 4.66. The molecule has 1 rings (SSSR count). The molecule has 0 bridgehead atoms. The fourth-order valence-corrected chi connectivity index (χ4v) is 1.66. The first-order valence-corrected chi connectivity index (χ1v) is 5.10. The minimum atomic E-state index is -0.392. The third-order valence-electron chi connectivity index (χ3n) is 1.83. The molecule has 15 heavy (non-hydrogen) atoms. The second kappa shape index (κ2) is 5.19. The summed E-state index contributed by atoms with van der Waals surface area (Å²) < 4.78 is 1.37. The zero-order valence-electron chi connectivity index (χ0n) is 7.87. The van der Waals surface area contributed by atoms with Crippen molar-refractivity contribution in [1.82, 2.24) is 4.57 Å². The minimum Gasteiger partial charge on any atom is -0.370 e.